The number of carbonyl (C=O) groups is 2. The van der Waals surface area contributed by atoms with Crippen molar-refractivity contribution in [3.8, 4) is 5.69 Å². The third kappa shape index (κ3) is 4.82. The highest BCUT2D eigenvalue weighted by Crippen LogP contribution is 2.21. The highest BCUT2D eigenvalue weighted by Gasteiger charge is 2.30. The second kappa shape index (κ2) is 9.57. The smallest absolute Gasteiger partial charge is 0.273 e. The van der Waals surface area contributed by atoms with E-state index in [-0.39, 0.29) is 17.7 Å². The minimum atomic E-state index is -0.259. The molecule has 2 amide bonds. The maximum Gasteiger partial charge on any atom is 0.273 e. The van der Waals surface area contributed by atoms with Gasteiger partial charge in [-0.3, -0.25) is 9.59 Å². The fourth-order valence-corrected chi connectivity index (χ4v) is 4.30. The Morgan fingerprint density at radius 2 is 1.82 bits per heavy atom. The van der Waals surface area contributed by atoms with Crippen LogP contribution < -0.4 is 5.32 Å². The van der Waals surface area contributed by atoms with E-state index in [4.69, 9.17) is 0 Å². The molecular formula is C26H31N5O2. The number of nitrogens with zero attached hydrogens (tertiary/aromatic N) is 4. The number of hydrogen-bond donors (Lipinski definition) is 1. The number of likely N-dealkylation sites (tertiary alicyclic amines) is 1. The lowest BCUT2D eigenvalue weighted by molar-refractivity contribution is -0.128. The monoisotopic (exact) mass is 445 g/mol. The fraction of sp³-hybridized carbons (Fsp3) is 0.385. The molecular weight excluding hydrogens is 414 g/mol. The lowest BCUT2D eigenvalue weighted by Gasteiger charge is -2.17. The van der Waals surface area contributed by atoms with Crippen LogP contribution in [0.15, 0.2) is 42.5 Å². The number of hydrogen-bond acceptors (Lipinski definition) is 4. The van der Waals surface area contributed by atoms with Crippen molar-refractivity contribution in [1.82, 2.24) is 25.2 Å². The molecule has 0 radical (unpaired) electrons. The van der Waals surface area contributed by atoms with Crippen LogP contribution >= 0.6 is 0 Å². The van der Waals surface area contributed by atoms with Gasteiger partial charge in [-0.05, 0) is 55.5 Å². The first-order valence-corrected chi connectivity index (χ1v) is 11.5. The molecule has 1 fully saturated rings. The fourth-order valence-electron chi connectivity index (χ4n) is 4.30. The Morgan fingerprint density at radius 1 is 1.09 bits per heavy atom. The normalized spacial score (nSPS) is 15.8. The second-order valence-corrected chi connectivity index (χ2v) is 8.88. The van der Waals surface area contributed by atoms with Crippen LogP contribution in [0.5, 0.6) is 0 Å². The van der Waals surface area contributed by atoms with Crippen molar-refractivity contribution in [2.45, 2.75) is 47.1 Å². The molecule has 0 spiro atoms. The highest BCUT2D eigenvalue weighted by molar-refractivity contribution is 5.93. The van der Waals surface area contributed by atoms with E-state index in [0.29, 0.717) is 37.4 Å². The molecule has 0 saturated carbocycles. The van der Waals surface area contributed by atoms with Gasteiger partial charge in [-0.1, -0.05) is 48.5 Å². The van der Waals surface area contributed by atoms with Crippen LogP contribution in [0, 0.1) is 26.7 Å². The van der Waals surface area contributed by atoms with E-state index in [2.05, 4.69) is 46.8 Å². The van der Waals surface area contributed by atoms with Crippen LogP contribution in [-0.2, 0) is 17.8 Å². The van der Waals surface area contributed by atoms with Crippen molar-refractivity contribution >= 4 is 11.8 Å². The van der Waals surface area contributed by atoms with Crippen LogP contribution in [0.2, 0.25) is 0 Å². The zero-order valence-electron chi connectivity index (χ0n) is 19.8. The first kappa shape index (κ1) is 22.7. The van der Waals surface area contributed by atoms with Crippen LogP contribution in [0.4, 0.5) is 0 Å². The molecule has 4 rings (SSSR count). The predicted molar refractivity (Wildman–Crippen MR) is 127 cm³/mol. The van der Waals surface area contributed by atoms with Crippen LogP contribution in [0.3, 0.4) is 0 Å². The molecule has 1 atom stereocenters. The molecule has 0 aliphatic carbocycles. The molecule has 1 aromatic heterocycles. The molecule has 7 nitrogen and oxygen atoms in total. The summed E-state index contributed by atoms with van der Waals surface area (Å²) in [6.45, 7) is 9.74. The van der Waals surface area contributed by atoms with E-state index in [1.165, 1.54) is 5.56 Å². The van der Waals surface area contributed by atoms with Crippen molar-refractivity contribution in [2.75, 3.05) is 13.1 Å². The number of rotatable bonds is 7. The Hall–Kier alpha value is -3.48. The number of benzene rings is 2. The van der Waals surface area contributed by atoms with Gasteiger partial charge < -0.3 is 10.2 Å². The van der Waals surface area contributed by atoms with Gasteiger partial charge in [0.15, 0.2) is 5.69 Å². The number of aromatic nitrogens is 3. The van der Waals surface area contributed by atoms with Gasteiger partial charge in [0, 0.05) is 32.0 Å². The summed E-state index contributed by atoms with van der Waals surface area (Å²) in [7, 11) is 0. The van der Waals surface area contributed by atoms with E-state index in [9.17, 15) is 9.59 Å². The van der Waals surface area contributed by atoms with Gasteiger partial charge >= 0.3 is 0 Å². The highest BCUT2D eigenvalue weighted by atomic mass is 16.2. The summed E-state index contributed by atoms with van der Waals surface area (Å²) in [6.07, 6.45) is 1.45. The largest absolute Gasteiger partial charge is 0.350 e. The molecule has 1 unspecified atom stereocenters. The quantitative estimate of drug-likeness (QED) is 0.603. The van der Waals surface area contributed by atoms with Crippen molar-refractivity contribution in [3.05, 3.63) is 76.1 Å². The van der Waals surface area contributed by atoms with E-state index in [0.717, 1.165) is 28.8 Å². The van der Waals surface area contributed by atoms with Gasteiger partial charge in [-0.2, -0.15) is 0 Å². The van der Waals surface area contributed by atoms with Gasteiger partial charge in [-0.25, -0.2) is 4.68 Å². The van der Waals surface area contributed by atoms with Gasteiger partial charge in [0.25, 0.3) is 5.91 Å². The summed E-state index contributed by atoms with van der Waals surface area (Å²) in [4.78, 5) is 27.2. The summed E-state index contributed by atoms with van der Waals surface area (Å²) < 4.78 is 1.71. The summed E-state index contributed by atoms with van der Waals surface area (Å²) >= 11 is 0. The predicted octanol–water partition coefficient (Wildman–Crippen LogP) is 3.53. The Bertz CT molecular complexity index is 1170. The van der Waals surface area contributed by atoms with Gasteiger partial charge in [0.05, 0.1) is 11.4 Å². The van der Waals surface area contributed by atoms with Crippen LogP contribution in [0.1, 0.15) is 51.8 Å². The van der Waals surface area contributed by atoms with Crippen molar-refractivity contribution in [2.24, 2.45) is 5.92 Å². The molecule has 1 aliphatic rings. The lowest BCUT2D eigenvalue weighted by Crippen LogP contribution is -2.31. The van der Waals surface area contributed by atoms with E-state index in [1.807, 2.05) is 43.9 Å². The number of amides is 2. The van der Waals surface area contributed by atoms with E-state index in [1.54, 1.807) is 4.68 Å². The summed E-state index contributed by atoms with van der Waals surface area (Å²) in [5.74, 6) is -0.0401. The molecule has 2 heterocycles. The summed E-state index contributed by atoms with van der Waals surface area (Å²) in [5.41, 5.74) is 6.61. The SMILES string of the molecule is CCc1ccc(CN2CC(CNC(=O)c3nnn(-c4cccc(C)c4C)c3C)CC2=O)cc1. The number of nitrogens with one attached hydrogen (secondary N) is 1. The van der Waals surface area contributed by atoms with Crippen LogP contribution in [-0.4, -0.2) is 44.8 Å². The zero-order chi connectivity index (χ0) is 23.5. The zero-order valence-corrected chi connectivity index (χ0v) is 19.8. The summed E-state index contributed by atoms with van der Waals surface area (Å²) in [6, 6.07) is 14.4. The summed E-state index contributed by atoms with van der Waals surface area (Å²) in [5, 5.41) is 11.3. The first-order chi connectivity index (χ1) is 15.9. The molecule has 33 heavy (non-hydrogen) atoms. The van der Waals surface area contributed by atoms with Crippen LogP contribution in [0.25, 0.3) is 5.69 Å². The standard InChI is InChI=1S/C26H31N5O2/c1-5-20-9-11-21(12-10-20)15-30-16-22(13-24(30)32)14-27-26(33)25-19(4)31(29-28-25)23-8-6-7-17(2)18(23)3/h6-12,22H,5,13-16H2,1-4H3,(H,27,33). The topological polar surface area (TPSA) is 80.1 Å². The second-order valence-electron chi connectivity index (χ2n) is 8.88. The van der Waals surface area contributed by atoms with Crippen molar-refractivity contribution in [3.63, 3.8) is 0 Å². The Labute approximate surface area is 194 Å². The Kier molecular flexibility index (Phi) is 6.58. The molecule has 2 aromatic carbocycles. The molecule has 1 aliphatic heterocycles. The number of aryl methyl sites for hydroxylation is 2. The minimum absolute atomic E-state index is 0.0886. The van der Waals surface area contributed by atoms with Crippen molar-refractivity contribution in [1.29, 1.82) is 0 Å². The van der Waals surface area contributed by atoms with Crippen molar-refractivity contribution < 1.29 is 9.59 Å². The number of carbonyl (C=O) groups excluding carboxylic acids is 2. The maximum absolute atomic E-state index is 12.8. The molecule has 1 saturated heterocycles. The Balaban J connectivity index is 1.36. The first-order valence-electron chi connectivity index (χ1n) is 11.5. The van der Waals surface area contributed by atoms with Gasteiger partial charge in [0.1, 0.15) is 0 Å². The Morgan fingerprint density at radius 3 is 2.55 bits per heavy atom. The molecule has 7 heteroatoms. The average Bonchev–Trinajstić information content (AvgIpc) is 3.36. The van der Waals surface area contributed by atoms with Gasteiger partial charge in [0.2, 0.25) is 5.91 Å². The lowest BCUT2D eigenvalue weighted by atomic mass is 10.1. The molecule has 3 aromatic rings. The molecule has 0 bridgehead atoms. The molecule has 1 N–H and O–H groups in total. The maximum atomic E-state index is 12.8. The third-order valence-electron chi connectivity index (χ3n) is 6.56. The van der Waals surface area contributed by atoms with E-state index >= 15 is 0 Å². The van der Waals surface area contributed by atoms with E-state index < -0.39 is 0 Å². The third-order valence-corrected chi connectivity index (χ3v) is 6.56. The molecule has 172 valence electrons. The van der Waals surface area contributed by atoms with Gasteiger partial charge in [-0.15, -0.1) is 5.10 Å². The average molecular weight is 446 g/mol. The minimum Gasteiger partial charge on any atom is -0.350 e.